The van der Waals surface area contributed by atoms with Crippen LogP contribution >= 0.6 is 0 Å². The van der Waals surface area contributed by atoms with Crippen LogP contribution in [-0.4, -0.2) is 25.8 Å². The highest BCUT2D eigenvalue weighted by atomic mass is 16.5. The monoisotopic (exact) mass is 248 g/mol. The van der Waals surface area contributed by atoms with E-state index in [0.29, 0.717) is 12.3 Å². The second-order valence-corrected chi connectivity index (χ2v) is 3.56. The Kier molecular flexibility index (Phi) is 3.13. The van der Waals surface area contributed by atoms with Crippen LogP contribution in [0.2, 0.25) is 0 Å². The molecule has 0 amide bonds. The van der Waals surface area contributed by atoms with Gasteiger partial charge in [-0.15, -0.1) is 0 Å². The van der Waals surface area contributed by atoms with E-state index in [1.807, 2.05) is 6.92 Å². The van der Waals surface area contributed by atoms with Crippen LogP contribution in [0, 0.1) is 0 Å². The predicted octanol–water partition coefficient (Wildman–Crippen LogP) is 1.37. The Morgan fingerprint density at radius 1 is 1.56 bits per heavy atom. The third-order valence-corrected chi connectivity index (χ3v) is 2.25. The van der Waals surface area contributed by atoms with Crippen molar-refractivity contribution < 1.29 is 14.6 Å². The number of pyridine rings is 1. The topological polar surface area (TPSA) is 103 Å². The molecular formula is C11H12N4O3. The Bertz CT molecular complexity index is 579. The minimum Gasteiger partial charge on any atom is -0.477 e. The lowest BCUT2D eigenvalue weighted by molar-refractivity contribution is 0.0693. The SMILES string of the molecule is CCn1cc(Oc2ncc(N)cc2C(=O)O)cn1. The third kappa shape index (κ3) is 2.40. The number of nitrogens with zero attached hydrogens (tertiary/aromatic N) is 3. The standard InChI is InChI=1S/C11H12N4O3/c1-2-15-6-8(5-14-15)18-10-9(11(16)17)3-7(12)4-13-10/h3-6H,2,12H2,1H3,(H,16,17). The molecule has 0 saturated carbocycles. The summed E-state index contributed by atoms with van der Waals surface area (Å²) in [6.07, 6.45) is 4.49. The highest BCUT2D eigenvalue weighted by Crippen LogP contribution is 2.24. The summed E-state index contributed by atoms with van der Waals surface area (Å²) in [5.41, 5.74) is 5.67. The fraction of sp³-hybridized carbons (Fsp3) is 0.182. The quantitative estimate of drug-likeness (QED) is 0.846. The van der Waals surface area contributed by atoms with Crippen molar-refractivity contribution in [3.63, 3.8) is 0 Å². The fourth-order valence-corrected chi connectivity index (χ4v) is 1.38. The van der Waals surface area contributed by atoms with Crippen molar-refractivity contribution >= 4 is 11.7 Å². The Morgan fingerprint density at radius 2 is 2.33 bits per heavy atom. The number of carboxylic acids is 1. The molecule has 7 heteroatoms. The maximum atomic E-state index is 11.0. The van der Waals surface area contributed by atoms with Crippen molar-refractivity contribution in [1.29, 1.82) is 0 Å². The minimum absolute atomic E-state index is 0.00708. The van der Waals surface area contributed by atoms with Gasteiger partial charge in [0.05, 0.1) is 24.3 Å². The molecular weight excluding hydrogens is 236 g/mol. The van der Waals surface area contributed by atoms with E-state index in [1.54, 1.807) is 10.9 Å². The van der Waals surface area contributed by atoms with Gasteiger partial charge in [-0.25, -0.2) is 9.78 Å². The largest absolute Gasteiger partial charge is 0.477 e. The van der Waals surface area contributed by atoms with Crippen molar-refractivity contribution in [2.75, 3.05) is 5.73 Å². The Balaban J connectivity index is 2.30. The third-order valence-electron chi connectivity index (χ3n) is 2.25. The van der Waals surface area contributed by atoms with Gasteiger partial charge < -0.3 is 15.6 Å². The molecule has 3 N–H and O–H groups in total. The van der Waals surface area contributed by atoms with Crippen LogP contribution in [-0.2, 0) is 6.54 Å². The van der Waals surface area contributed by atoms with Gasteiger partial charge in [-0.05, 0) is 13.0 Å². The summed E-state index contributed by atoms with van der Waals surface area (Å²) in [4.78, 5) is 14.9. The lowest BCUT2D eigenvalue weighted by Gasteiger charge is -2.05. The van der Waals surface area contributed by atoms with Gasteiger partial charge in [0.25, 0.3) is 0 Å². The van der Waals surface area contributed by atoms with Gasteiger partial charge in [-0.1, -0.05) is 0 Å². The van der Waals surface area contributed by atoms with E-state index in [-0.39, 0.29) is 17.1 Å². The zero-order valence-corrected chi connectivity index (χ0v) is 9.70. The molecule has 0 aliphatic heterocycles. The van der Waals surface area contributed by atoms with Crippen LogP contribution in [0.3, 0.4) is 0 Å². The smallest absolute Gasteiger partial charge is 0.341 e. The zero-order valence-electron chi connectivity index (χ0n) is 9.70. The first-order valence-corrected chi connectivity index (χ1v) is 5.29. The maximum absolute atomic E-state index is 11.0. The summed E-state index contributed by atoms with van der Waals surface area (Å²) in [6, 6.07) is 1.30. The zero-order chi connectivity index (χ0) is 13.1. The molecule has 0 spiro atoms. The predicted molar refractivity (Wildman–Crippen MR) is 63.6 cm³/mol. The van der Waals surface area contributed by atoms with Crippen molar-refractivity contribution in [2.24, 2.45) is 0 Å². The highest BCUT2D eigenvalue weighted by molar-refractivity contribution is 5.91. The second kappa shape index (κ2) is 4.74. The van der Waals surface area contributed by atoms with E-state index in [4.69, 9.17) is 15.6 Å². The Labute approximate surface area is 103 Å². The molecule has 7 nitrogen and oxygen atoms in total. The number of aromatic carboxylic acids is 1. The summed E-state index contributed by atoms with van der Waals surface area (Å²) in [7, 11) is 0. The van der Waals surface area contributed by atoms with Gasteiger partial charge in [0.1, 0.15) is 5.56 Å². The van der Waals surface area contributed by atoms with Crippen molar-refractivity contribution in [3.8, 4) is 11.6 Å². The molecule has 2 aromatic rings. The van der Waals surface area contributed by atoms with E-state index in [1.165, 1.54) is 18.5 Å². The molecule has 2 rings (SSSR count). The van der Waals surface area contributed by atoms with E-state index < -0.39 is 5.97 Å². The van der Waals surface area contributed by atoms with Gasteiger partial charge in [0, 0.05) is 6.54 Å². The first-order valence-electron chi connectivity index (χ1n) is 5.29. The number of hydrogen-bond acceptors (Lipinski definition) is 5. The maximum Gasteiger partial charge on any atom is 0.341 e. The number of aryl methyl sites for hydroxylation is 1. The van der Waals surface area contributed by atoms with E-state index in [2.05, 4.69) is 10.1 Å². The summed E-state index contributed by atoms with van der Waals surface area (Å²) >= 11 is 0. The lowest BCUT2D eigenvalue weighted by Crippen LogP contribution is -2.03. The minimum atomic E-state index is -1.15. The first kappa shape index (κ1) is 11.9. The molecule has 0 aliphatic rings. The number of ether oxygens (including phenoxy) is 1. The number of aromatic nitrogens is 3. The molecule has 0 fully saturated rings. The summed E-state index contributed by atoms with van der Waals surface area (Å²) in [6.45, 7) is 2.63. The molecule has 94 valence electrons. The molecule has 0 atom stereocenters. The van der Waals surface area contributed by atoms with Gasteiger partial charge in [0.2, 0.25) is 5.88 Å². The molecule has 0 aromatic carbocycles. The normalized spacial score (nSPS) is 10.3. The number of nitrogens with two attached hydrogens (primary N) is 1. The Hall–Kier alpha value is -2.57. The second-order valence-electron chi connectivity index (χ2n) is 3.56. The summed E-state index contributed by atoms with van der Waals surface area (Å²) < 4.78 is 7.04. The van der Waals surface area contributed by atoms with Crippen LogP contribution in [0.1, 0.15) is 17.3 Å². The molecule has 0 unspecified atom stereocenters. The van der Waals surface area contributed by atoms with Crippen LogP contribution in [0.5, 0.6) is 11.6 Å². The van der Waals surface area contributed by atoms with Crippen molar-refractivity contribution in [1.82, 2.24) is 14.8 Å². The number of rotatable bonds is 4. The van der Waals surface area contributed by atoms with Crippen LogP contribution in [0.15, 0.2) is 24.7 Å². The molecule has 0 saturated heterocycles. The van der Waals surface area contributed by atoms with Gasteiger partial charge in [-0.2, -0.15) is 5.10 Å². The van der Waals surface area contributed by atoms with Crippen molar-refractivity contribution in [3.05, 3.63) is 30.2 Å². The fourth-order valence-electron chi connectivity index (χ4n) is 1.38. The first-order chi connectivity index (χ1) is 8.60. The highest BCUT2D eigenvalue weighted by Gasteiger charge is 2.14. The average molecular weight is 248 g/mol. The van der Waals surface area contributed by atoms with Gasteiger partial charge in [-0.3, -0.25) is 4.68 Å². The lowest BCUT2D eigenvalue weighted by atomic mass is 10.2. The Morgan fingerprint density at radius 3 is 2.94 bits per heavy atom. The van der Waals surface area contributed by atoms with E-state index in [9.17, 15) is 4.79 Å². The molecule has 0 radical (unpaired) electrons. The number of nitrogen functional groups attached to an aromatic ring is 1. The molecule has 2 aromatic heterocycles. The summed E-state index contributed by atoms with van der Waals surface area (Å²) in [5, 5.41) is 13.0. The molecule has 18 heavy (non-hydrogen) atoms. The molecule has 2 heterocycles. The average Bonchev–Trinajstić information content (AvgIpc) is 2.79. The van der Waals surface area contributed by atoms with E-state index >= 15 is 0 Å². The summed E-state index contributed by atoms with van der Waals surface area (Å²) in [5.74, 6) is -0.725. The van der Waals surface area contributed by atoms with Crippen molar-refractivity contribution in [2.45, 2.75) is 13.5 Å². The van der Waals surface area contributed by atoms with Gasteiger partial charge in [0.15, 0.2) is 5.75 Å². The molecule has 0 bridgehead atoms. The van der Waals surface area contributed by atoms with E-state index in [0.717, 1.165) is 0 Å². The van der Waals surface area contributed by atoms with Gasteiger partial charge >= 0.3 is 5.97 Å². The number of carbonyl (C=O) groups is 1. The van der Waals surface area contributed by atoms with Crippen LogP contribution < -0.4 is 10.5 Å². The van der Waals surface area contributed by atoms with Crippen LogP contribution in [0.25, 0.3) is 0 Å². The number of carboxylic acid groups (broad SMARTS) is 1. The number of anilines is 1. The number of hydrogen-bond donors (Lipinski definition) is 2. The van der Waals surface area contributed by atoms with Crippen LogP contribution in [0.4, 0.5) is 5.69 Å². The molecule has 0 aliphatic carbocycles.